The van der Waals surface area contributed by atoms with Crippen molar-refractivity contribution in [2.75, 3.05) is 23.3 Å². The summed E-state index contributed by atoms with van der Waals surface area (Å²) >= 11 is 0.885. The molecule has 1 atom stereocenters. The van der Waals surface area contributed by atoms with Crippen LogP contribution in [0.1, 0.15) is 31.9 Å². The molecule has 5 nitrogen and oxygen atoms in total. The minimum Gasteiger partial charge on any atom is -0.372 e. The molecule has 1 aromatic carbocycles. The Bertz CT molecular complexity index is 808. The topological polar surface area (TPSA) is 58.1 Å². The predicted molar refractivity (Wildman–Crippen MR) is 103 cm³/mol. The monoisotopic (exact) mass is 410 g/mol. The number of carbonyl (C=O) groups excluding carboxylic acids is 1. The number of piperidine rings is 1. The summed E-state index contributed by atoms with van der Waals surface area (Å²) in [6.45, 7) is 3.68. The predicted octanol–water partition coefficient (Wildman–Crippen LogP) is 4.61. The number of alkyl halides is 3. The maximum Gasteiger partial charge on any atom is 0.433 e. The van der Waals surface area contributed by atoms with E-state index in [1.54, 1.807) is 6.92 Å². The van der Waals surface area contributed by atoms with E-state index >= 15 is 0 Å². The molecule has 1 aromatic heterocycles. The van der Waals surface area contributed by atoms with Gasteiger partial charge in [0.2, 0.25) is 5.91 Å². The minimum absolute atomic E-state index is 0.0853. The van der Waals surface area contributed by atoms with Gasteiger partial charge in [0.05, 0.1) is 5.25 Å². The molecule has 0 saturated carbocycles. The standard InChI is InChI=1S/C19H21F3N4OS/c1-13(28-18-23-10-9-16(25-18)19(20,21)22)17(27)24-14-5-7-15(8-6-14)26-11-3-2-4-12-26/h5-10,13H,2-4,11-12H2,1H3,(H,24,27). The van der Waals surface area contributed by atoms with Crippen molar-refractivity contribution in [1.29, 1.82) is 0 Å². The van der Waals surface area contributed by atoms with E-state index in [0.29, 0.717) is 5.69 Å². The lowest BCUT2D eigenvalue weighted by atomic mass is 10.1. The molecule has 150 valence electrons. The van der Waals surface area contributed by atoms with Gasteiger partial charge >= 0.3 is 6.18 Å². The molecule has 2 aromatic rings. The highest BCUT2D eigenvalue weighted by Gasteiger charge is 2.33. The maximum absolute atomic E-state index is 12.7. The highest BCUT2D eigenvalue weighted by Crippen LogP contribution is 2.29. The molecule has 3 rings (SSSR count). The molecule has 1 aliphatic rings. The lowest BCUT2D eigenvalue weighted by Crippen LogP contribution is -2.29. The molecule has 1 aliphatic heterocycles. The lowest BCUT2D eigenvalue weighted by Gasteiger charge is -2.28. The van der Waals surface area contributed by atoms with Crippen molar-refractivity contribution >= 4 is 29.0 Å². The second kappa shape index (κ2) is 8.81. The van der Waals surface area contributed by atoms with Crippen LogP contribution in [0.15, 0.2) is 41.7 Å². The highest BCUT2D eigenvalue weighted by molar-refractivity contribution is 8.00. The molecule has 0 spiro atoms. The van der Waals surface area contributed by atoms with Crippen molar-refractivity contribution in [2.45, 2.75) is 42.8 Å². The average Bonchev–Trinajstić information content (AvgIpc) is 2.69. The van der Waals surface area contributed by atoms with Crippen LogP contribution in [0.3, 0.4) is 0 Å². The van der Waals surface area contributed by atoms with Gasteiger partial charge in [-0.3, -0.25) is 4.79 Å². The van der Waals surface area contributed by atoms with Gasteiger partial charge in [-0.2, -0.15) is 13.2 Å². The summed E-state index contributed by atoms with van der Waals surface area (Å²) in [6.07, 6.45) is 0.132. The van der Waals surface area contributed by atoms with E-state index < -0.39 is 17.1 Å². The molecule has 1 saturated heterocycles. The van der Waals surface area contributed by atoms with Gasteiger partial charge in [0.15, 0.2) is 5.16 Å². The van der Waals surface area contributed by atoms with Crippen LogP contribution in [-0.2, 0) is 11.0 Å². The van der Waals surface area contributed by atoms with Crippen LogP contribution < -0.4 is 10.2 Å². The van der Waals surface area contributed by atoms with Crippen LogP contribution >= 0.6 is 11.8 Å². The van der Waals surface area contributed by atoms with Crippen LogP contribution in [0.2, 0.25) is 0 Å². The zero-order chi connectivity index (χ0) is 20.1. The van der Waals surface area contributed by atoms with E-state index in [0.717, 1.165) is 42.8 Å². The number of halogens is 3. The van der Waals surface area contributed by atoms with Crippen LogP contribution in [0, 0.1) is 0 Å². The number of aromatic nitrogens is 2. The number of hydrogen-bond acceptors (Lipinski definition) is 5. The molecule has 28 heavy (non-hydrogen) atoms. The molecule has 0 aliphatic carbocycles. The number of hydrogen-bond donors (Lipinski definition) is 1. The number of benzene rings is 1. The van der Waals surface area contributed by atoms with Crippen molar-refractivity contribution in [1.82, 2.24) is 9.97 Å². The van der Waals surface area contributed by atoms with E-state index in [1.807, 2.05) is 24.3 Å². The van der Waals surface area contributed by atoms with Gasteiger partial charge in [0, 0.05) is 30.7 Å². The Morgan fingerprint density at radius 1 is 1.14 bits per heavy atom. The molecule has 1 unspecified atom stereocenters. The summed E-state index contributed by atoms with van der Waals surface area (Å²) in [5, 5.41) is 2.05. The number of carbonyl (C=O) groups is 1. The van der Waals surface area contributed by atoms with Crippen LogP contribution in [-0.4, -0.2) is 34.2 Å². The number of rotatable bonds is 5. The summed E-state index contributed by atoms with van der Waals surface area (Å²) < 4.78 is 38.2. The molecule has 1 amide bonds. The summed E-state index contributed by atoms with van der Waals surface area (Å²) in [7, 11) is 0. The second-order valence-corrected chi connectivity index (χ2v) is 7.87. The fourth-order valence-corrected chi connectivity index (χ4v) is 3.67. The third kappa shape index (κ3) is 5.37. The van der Waals surface area contributed by atoms with Gasteiger partial charge in [-0.25, -0.2) is 9.97 Å². The lowest BCUT2D eigenvalue weighted by molar-refractivity contribution is -0.141. The summed E-state index contributed by atoms with van der Waals surface area (Å²) in [6, 6.07) is 8.40. The van der Waals surface area contributed by atoms with E-state index in [9.17, 15) is 18.0 Å². The van der Waals surface area contributed by atoms with E-state index in [1.165, 1.54) is 19.3 Å². The quantitative estimate of drug-likeness (QED) is 0.576. The Balaban J connectivity index is 1.58. The Morgan fingerprint density at radius 3 is 2.46 bits per heavy atom. The molecule has 0 bridgehead atoms. The first-order valence-electron chi connectivity index (χ1n) is 9.06. The fourth-order valence-electron chi connectivity index (χ4n) is 2.92. The Kier molecular flexibility index (Phi) is 6.43. The molecule has 1 N–H and O–H groups in total. The molecule has 2 heterocycles. The molecule has 9 heteroatoms. The summed E-state index contributed by atoms with van der Waals surface area (Å²) in [5.74, 6) is -0.322. The third-order valence-corrected chi connectivity index (χ3v) is 5.41. The van der Waals surface area contributed by atoms with Crippen LogP contribution in [0.25, 0.3) is 0 Å². The Labute approximate surface area is 165 Å². The molecule has 1 fully saturated rings. The van der Waals surface area contributed by atoms with Gasteiger partial charge in [-0.15, -0.1) is 0 Å². The summed E-state index contributed by atoms with van der Waals surface area (Å²) in [4.78, 5) is 22.0. The van der Waals surface area contributed by atoms with Crippen molar-refractivity contribution < 1.29 is 18.0 Å². The van der Waals surface area contributed by atoms with Gasteiger partial charge in [-0.1, -0.05) is 11.8 Å². The number of amides is 1. The first-order valence-corrected chi connectivity index (χ1v) is 9.94. The number of nitrogens with zero attached hydrogens (tertiary/aromatic N) is 3. The van der Waals surface area contributed by atoms with E-state index in [2.05, 4.69) is 20.2 Å². The van der Waals surface area contributed by atoms with Gasteiger partial charge in [0.25, 0.3) is 0 Å². The van der Waals surface area contributed by atoms with Crippen molar-refractivity contribution in [3.63, 3.8) is 0 Å². The fraction of sp³-hybridized carbons (Fsp3) is 0.421. The maximum atomic E-state index is 12.7. The molecular weight excluding hydrogens is 389 g/mol. The van der Waals surface area contributed by atoms with Crippen molar-refractivity contribution in [3.8, 4) is 0 Å². The zero-order valence-electron chi connectivity index (χ0n) is 15.4. The smallest absolute Gasteiger partial charge is 0.372 e. The van der Waals surface area contributed by atoms with Gasteiger partial charge in [-0.05, 0) is 56.5 Å². The Hall–Kier alpha value is -2.29. The Morgan fingerprint density at radius 2 is 1.82 bits per heavy atom. The van der Waals surface area contributed by atoms with E-state index in [-0.39, 0.29) is 11.1 Å². The minimum atomic E-state index is -4.54. The zero-order valence-corrected chi connectivity index (χ0v) is 16.2. The number of nitrogens with one attached hydrogen (secondary N) is 1. The number of thioether (sulfide) groups is 1. The summed E-state index contributed by atoms with van der Waals surface area (Å²) in [5.41, 5.74) is 0.742. The van der Waals surface area contributed by atoms with Crippen LogP contribution in [0.5, 0.6) is 0 Å². The molecule has 0 radical (unpaired) electrons. The van der Waals surface area contributed by atoms with Crippen molar-refractivity contribution in [2.24, 2.45) is 0 Å². The van der Waals surface area contributed by atoms with Crippen molar-refractivity contribution in [3.05, 3.63) is 42.2 Å². The molecular formula is C19H21F3N4OS. The second-order valence-electron chi connectivity index (χ2n) is 6.57. The first kappa shape index (κ1) is 20.4. The first-order chi connectivity index (χ1) is 13.3. The van der Waals surface area contributed by atoms with Gasteiger partial charge in [0.1, 0.15) is 5.69 Å². The SMILES string of the molecule is CC(Sc1nccc(C(F)(F)F)n1)C(=O)Nc1ccc(N2CCCCC2)cc1. The third-order valence-electron chi connectivity index (χ3n) is 4.43. The average molecular weight is 410 g/mol. The largest absolute Gasteiger partial charge is 0.433 e. The normalized spacial score (nSPS) is 15.9. The van der Waals surface area contributed by atoms with Gasteiger partial charge < -0.3 is 10.2 Å². The highest BCUT2D eigenvalue weighted by atomic mass is 32.2. The van der Waals surface area contributed by atoms with E-state index in [4.69, 9.17) is 0 Å². The number of anilines is 2. The van der Waals surface area contributed by atoms with Crippen LogP contribution in [0.4, 0.5) is 24.5 Å².